The predicted octanol–water partition coefficient (Wildman–Crippen LogP) is 3.00. The van der Waals surface area contributed by atoms with Gasteiger partial charge in [-0.25, -0.2) is 0 Å². The summed E-state index contributed by atoms with van der Waals surface area (Å²) in [6.07, 6.45) is 9.44. The van der Waals surface area contributed by atoms with Gasteiger partial charge in [0.2, 0.25) is 12.7 Å². The van der Waals surface area contributed by atoms with Crippen LogP contribution in [0.1, 0.15) is 25.3 Å². The highest BCUT2D eigenvalue weighted by atomic mass is 16.7. The number of hydrogen-bond acceptors (Lipinski definition) is 3. The molecule has 2 heterocycles. The van der Waals surface area contributed by atoms with Crippen LogP contribution in [0.15, 0.2) is 36.4 Å². The van der Waals surface area contributed by atoms with E-state index >= 15 is 0 Å². The number of carbonyl (C=O) groups is 1. The first kappa shape index (κ1) is 13.7. The minimum atomic E-state index is 0.0929. The van der Waals surface area contributed by atoms with Crippen molar-refractivity contribution in [3.05, 3.63) is 42.0 Å². The van der Waals surface area contributed by atoms with Gasteiger partial charge in [-0.15, -0.1) is 0 Å². The Hall–Kier alpha value is -2.23. The smallest absolute Gasteiger partial charge is 0.246 e. The van der Waals surface area contributed by atoms with E-state index in [0.29, 0.717) is 6.04 Å². The van der Waals surface area contributed by atoms with E-state index in [9.17, 15) is 4.79 Å². The molecule has 0 bridgehead atoms. The van der Waals surface area contributed by atoms with Crippen molar-refractivity contribution in [3.8, 4) is 11.5 Å². The summed E-state index contributed by atoms with van der Waals surface area (Å²) >= 11 is 0. The molecule has 1 amide bonds. The van der Waals surface area contributed by atoms with Crippen LogP contribution in [0.2, 0.25) is 0 Å². The van der Waals surface area contributed by atoms with Gasteiger partial charge < -0.3 is 14.4 Å². The van der Waals surface area contributed by atoms with Gasteiger partial charge >= 0.3 is 0 Å². The molecule has 1 fully saturated rings. The molecule has 2 aliphatic heterocycles. The minimum Gasteiger partial charge on any atom is -0.454 e. The summed E-state index contributed by atoms with van der Waals surface area (Å²) in [6.45, 7) is 3.25. The highest BCUT2D eigenvalue weighted by Gasteiger charge is 2.22. The number of amides is 1. The molecule has 1 atom stereocenters. The van der Waals surface area contributed by atoms with Crippen LogP contribution in [0.4, 0.5) is 0 Å². The molecule has 0 aliphatic carbocycles. The molecule has 4 nitrogen and oxygen atoms in total. The van der Waals surface area contributed by atoms with Crippen molar-refractivity contribution in [1.82, 2.24) is 4.90 Å². The summed E-state index contributed by atoms with van der Waals surface area (Å²) in [4.78, 5) is 13.9. The van der Waals surface area contributed by atoms with Gasteiger partial charge in [0.1, 0.15) is 0 Å². The second-order valence-corrected chi connectivity index (χ2v) is 5.35. The van der Waals surface area contributed by atoms with Crippen molar-refractivity contribution in [3.63, 3.8) is 0 Å². The Kier molecular flexibility index (Phi) is 3.95. The fraction of sp³-hybridized carbons (Fsp3) is 0.353. The van der Waals surface area contributed by atoms with Crippen LogP contribution in [-0.2, 0) is 4.79 Å². The molecule has 1 aromatic rings. The first-order valence-electron chi connectivity index (χ1n) is 7.29. The number of rotatable bonds is 3. The van der Waals surface area contributed by atoms with Crippen molar-refractivity contribution in [1.29, 1.82) is 0 Å². The molecule has 0 spiro atoms. The lowest BCUT2D eigenvalue weighted by molar-refractivity contribution is -0.126. The van der Waals surface area contributed by atoms with Gasteiger partial charge in [-0.2, -0.15) is 0 Å². The average molecular weight is 285 g/mol. The molecule has 0 radical (unpaired) electrons. The Morgan fingerprint density at radius 1 is 1.29 bits per heavy atom. The van der Waals surface area contributed by atoms with Crippen molar-refractivity contribution in [2.45, 2.75) is 25.8 Å². The zero-order valence-electron chi connectivity index (χ0n) is 12.1. The van der Waals surface area contributed by atoms with Crippen molar-refractivity contribution in [2.24, 2.45) is 0 Å². The Morgan fingerprint density at radius 3 is 2.95 bits per heavy atom. The van der Waals surface area contributed by atoms with Gasteiger partial charge in [0.25, 0.3) is 0 Å². The average Bonchev–Trinajstić information content (AvgIpc) is 3.11. The summed E-state index contributed by atoms with van der Waals surface area (Å²) in [5.74, 6) is 1.64. The van der Waals surface area contributed by atoms with Crippen molar-refractivity contribution < 1.29 is 14.3 Å². The van der Waals surface area contributed by atoms with Crippen LogP contribution in [0.25, 0.3) is 6.08 Å². The number of benzene rings is 1. The lowest BCUT2D eigenvalue weighted by atomic mass is 10.2. The molecule has 21 heavy (non-hydrogen) atoms. The quantitative estimate of drug-likeness (QED) is 0.633. The fourth-order valence-electron chi connectivity index (χ4n) is 2.68. The van der Waals surface area contributed by atoms with E-state index in [1.807, 2.05) is 35.3 Å². The van der Waals surface area contributed by atoms with Crippen molar-refractivity contribution in [2.75, 3.05) is 13.3 Å². The predicted molar refractivity (Wildman–Crippen MR) is 81.1 cm³/mol. The third kappa shape index (κ3) is 3.10. The Bertz CT molecular complexity index is 592. The second-order valence-electron chi connectivity index (χ2n) is 5.35. The van der Waals surface area contributed by atoms with Gasteiger partial charge in [-0.05, 0) is 37.5 Å². The Labute approximate surface area is 124 Å². The highest BCUT2D eigenvalue weighted by molar-refractivity contribution is 5.88. The normalized spacial score (nSPS) is 20.8. The Morgan fingerprint density at radius 2 is 2.14 bits per heavy atom. The number of carbonyl (C=O) groups excluding carboxylic acids is 1. The molecule has 0 aromatic heterocycles. The van der Waals surface area contributed by atoms with Crippen LogP contribution in [0, 0.1) is 0 Å². The topological polar surface area (TPSA) is 38.8 Å². The first-order chi connectivity index (χ1) is 10.2. The third-order valence-corrected chi connectivity index (χ3v) is 3.87. The zero-order chi connectivity index (χ0) is 14.7. The molecule has 1 aromatic carbocycles. The fourth-order valence-corrected chi connectivity index (χ4v) is 2.68. The maximum Gasteiger partial charge on any atom is 0.246 e. The van der Waals surface area contributed by atoms with Gasteiger partial charge in [0, 0.05) is 18.7 Å². The van der Waals surface area contributed by atoms with Gasteiger partial charge in [-0.3, -0.25) is 4.79 Å². The summed E-state index contributed by atoms with van der Waals surface area (Å²) in [6, 6.07) is 6.14. The SMILES string of the molecule is CC1CCCN1C(=O)C=CC=Cc1ccc2c(c1)OCO2. The van der Waals surface area contributed by atoms with Crippen LogP contribution in [-0.4, -0.2) is 30.2 Å². The molecule has 110 valence electrons. The molecule has 1 unspecified atom stereocenters. The summed E-state index contributed by atoms with van der Waals surface area (Å²) in [7, 11) is 0. The molecule has 3 rings (SSSR count). The number of ether oxygens (including phenoxy) is 2. The third-order valence-electron chi connectivity index (χ3n) is 3.87. The number of fused-ring (bicyclic) bond motifs is 1. The molecule has 4 heteroatoms. The van der Waals surface area contributed by atoms with E-state index in [4.69, 9.17) is 9.47 Å². The largest absolute Gasteiger partial charge is 0.454 e. The van der Waals surface area contributed by atoms with Crippen molar-refractivity contribution >= 4 is 12.0 Å². The zero-order valence-corrected chi connectivity index (χ0v) is 12.1. The lowest BCUT2D eigenvalue weighted by Gasteiger charge is -2.19. The van der Waals surface area contributed by atoms with E-state index in [-0.39, 0.29) is 12.7 Å². The van der Waals surface area contributed by atoms with Crippen LogP contribution in [0.3, 0.4) is 0 Å². The lowest BCUT2D eigenvalue weighted by Crippen LogP contribution is -2.32. The first-order valence-corrected chi connectivity index (χ1v) is 7.29. The van der Waals surface area contributed by atoms with E-state index in [0.717, 1.165) is 36.4 Å². The maximum atomic E-state index is 12.0. The second kappa shape index (κ2) is 6.04. The number of nitrogens with zero attached hydrogens (tertiary/aromatic N) is 1. The molecular formula is C17H19NO3. The van der Waals surface area contributed by atoms with E-state index in [2.05, 4.69) is 6.92 Å². The van der Waals surface area contributed by atoms with E-state index in [1.165, 1.54) is 0 Å². The van der Waals surface area contributed by atoms with Crippen LogP contribution >= 0.6 is 0 Å². The maximum absolute atomic E-state index is 12.0. The van der Waals surface area contributed by atoms with Gasteiger partial charge in [-0.1, -0.05) is 24.3 Å². The van der Waals surface area contributed by atoms with Gasteiger partial charge in [0.05, 0.1) is 0 Å². The molecule has 2 aliphatic rings. The number of likely N-dealkylation sites (tertiary alicyclic amines) is 1. The molecule has 1 saturated heterocycles. The molecular weight excluding hydrogens is 266 g/mol. The van der Waals surface area contributed by atoms with Crippen LogP contribution < -0.4 is 9.47 Å². The van der Waals surface area contributed by atoms with E-state index in [1.54, 1.807) is 12.2 Å². The Balaban J connectivity index is 1.59. The summed E-state index contributed by atoms with van der Waals surface area (Å²) in [5.41, 5.74) is 1.02. The van der Waals surface area contributed by atoms with Crippen LogP contribution in [0.5, 0.6) is 11.5 Å². The van der Waals surface area contributed by atoms with Gasteiger partial charge in [0.15, 0.2) is 11.5 Å². The van der Waals surface area contributed by atoms with E-state index < -0.39 is 0 Å². The summed E-state index contributed by atoms with van der Waals surface area (Å²) < 4.78 is 10.6. The standard InChI is InChI=1S/C17H19NO3/c1-13-5-4-10-18(13)17(19)7-3-2-6-14-8-9-15-16(11-14)21-12-20-15/h2-3,6-9,11,13H,4-5,10,12H2,1H3. The highest BCUT2D eigenvalue weighted by Crippen LogP contribution is 2.32. The molecule has 0 saturated carbocycles. The molecule has 0 N–H and O–H groups in total. The number of hydrogen-bond donors (Lipinski definition) is 0. The number of allylic oxidation sites excluding steroid dienone is 2. The monoisotopic (exact) mass is 285 g/mol. The minimum absolute atomic E-state index is 0.0929. The summed E-state index contributed by atoms with van der Waals surface area (Å²) in [5, 5.41) is 0.